The van der Waals surface area contributed by atoms with Gasteiger partial charge in [-0.2, -0.15) is 0 Å². The quantitative estimate of drug-likeness (QED) is 0.575. The fraction of sp³-hybridized carbons (Fsp3) is 0.391. The summed E-state index contributed by atoms with van der Waals surface area (Å²) < 4.78 is 11.0. The molecule has 29 heavy (non-hydrogen) atoms. The van der Waals surface area contributed by atoms with Crippen molar-refractivity contribution >= 4 is 16.7 Å². The van der Waals surface area contributed by atoms with Crippen LogP contribution in [0, 0.1) is 13.8 Å². The van der Waals surface area contributed by atoms with Crippen molar-refractivity contribution in [2.75, 3.05) is 46.7 Å². The van der Waals surface area contributed by atoms with E-state index in [-0.39, 0.29) is 0 Å². The van der Waals surface area contributed by atoms with Crippen molar-refractivity contribution in [1.29, 1.82) is 0 Å². The van der Waals surface area contributed by atoms with Gasteiger partial charge in [-0.3, -0.25) is 0 Å². The Morgan fingerprint density at radius 2 is 1.66 bits per heavy atom. The van der Waals surface area contributed by atoms with E-state index in [0.717, 1.165) is 41.8 Å². The molecule has 0 aliphatic heterocycles. The summed E-state index contributed by atoms with van der Waals surface area (Å²) in [5.74, 6) is 2.83. The number of aromatic nitrogens is 2. The zero-order valence-electron chi connectivity index (χ0n) is 18.2. The molecule has 0 aliphatic carbocycles. The van der Waals surface area contributed by atoms with Crippen molar-refractivity contribution in [1.82, 2.24) is 14.9 Å². The van der Waals surface area contributed by atoms with E-state index in [2.05, 4.69) is 56.4 Å². The second kappa shape index (κ2) is 9.09. The number of hydrogen-bond acceptors (Lipinski definition) is 6. The SMILES string of the molecule is COc1cc2nc(-c3ccc(C)c(C)c3)nc(NCCCN(C)C)c2cc1OC. The predicted octanol–water partition coefficient (Wildman–Crippen LogP) is 4.29. The summed E-state index contributed by atoms with van der Waals surface area (Å²) in [7, 11) is 7.43. The maximum atomic E-state index is 5.49. The van der Waals surface area contributed by atoms with Crippen molar-refractivity contribution in [2.45, 2.75) is 20.3 Å². The number of aryl methyl sites for hydroxylation is 2. The van der Waals surface area contributed by atoms with Gasteiger partial charge in [-0.15, -0.1) is 0 Å². The third-order valence-corrected chi connectivity index (χ3v) is 5.04. The lowest BCUT2D eigenvalue weighted by Crippen LogP contribution is -2.17. The fourth-order valence-electron chi connectivity index (χ4n) is 3.20. The van der Waals surface area contributed by atoms with Crippen LogP contribution in [0.2, 0.25) is 0 Å². The number of hydrogen-bond donors (Lipinski definition) is 1. The molecule has 0 saturated carbocycles. The normalized spacial score (nSPS) is 11.1. The highest BCUT2D eigenvalue weighted by atomic mass is 16.5. The number of fused-ring (bicyclic) bond motifs is 1. The number of anilines is 1. The molecule has 0 unspecified atom stereocenters. The first-order valence-electron chi connectivity index (χ1n) is 9.83. The van der Waals surface area contributed by atoms with Gasteiger partial charge in [-0.1, -0.05) is 12.1 Å². The molecule has 0 saturated heterocycles. The van der Waals surface area contributed by atoms with Crippen LogP contribution < -0.4 is 14.8 Å². The first-order chi connectivity index (χ1) is 13.9. The highest BCUT2D eigenvalue weighted by Gasteiger charge is 2.14. The van der Waals surface area contributed by atoms with Gasteiger partial charge in [0.05, 0.1) is 19.7 Å². The van der Waals surface area contributed by atoms with Gasteiger partial charge < -0.3 is 19.7 Å². The van der Waals surface area contributed by atoms with Gasteiger partial charge in [0.25, 0.3) is 0 Å². The third kappa shape index (κ3) is 4.77. The lowest BCUT2D eigenvalue weighted by atomic mass is 10.1. The van der Waals surface area contributed by atoms with E-state index in [1.807, 2.05) is 12.1 Å². The van der Waals surface area contributed by atoms with Crippen molar-refractivity contribution in [2.24, 2.45) is 0 Å². The van der Waals surface area contributed by atoms with Gasteiger partial charge in [-0.25, -0.2) is 9.97 Å². The molecule has 0 spiro atoms. The molecular formula is C23H30N4O2. The van der Waals surface area contributed by atoms with Crippen LogP contribution in [0.5, 0.6) is 11.5 Å². The summed E-state index contributed by atoms with van der Waals surface area (Å²) in [5, 5.41) is 4.41. The number of methoxy groups -OCH3 is 2. The summed E-state index contributed by atoms with van der Waals surface area (Å²) >= 11 is 0. The summed E-state index contributed by atoms with van der Waals surface area (Å²) in [5.41, 5.74) is 4.30. The molecule has 154 valence electrons. The Morgan fingerprint density at radius 3 is 2.31 bits per heavy atom. The maximum Gasteiger partial charge on any atom is 0.162 e. The van der Waals surface area contributed by atoms with Crippen LogP contribution in [0.25, 0.3) is 22.3 Å². The fourth-order valence-corrected chi connectivity index (χ4v) is 3.20. The zero-order valence-corrected chi connectivity index (χ0v) is 18.2. The van der Waals surface area contributed by atoms with Crippen LogP contribution in [0.3, 0.4) is 0 Å². The Labute approximate surface area is 172 Å². The average Bonchev–Trinajstić information content (AvgIpc) is 2.71. The lowest BCUT2D eigenvalue weighted by molar-refractivity contribution is 0.356. The van der Waals surface area contributed by atoms with Crippen LogP contribution in [0.4, 0.5) is 5.82 Å². The highest BCUT2D eigenvalue weighted by molar-refractivity contribution is 5.93. The van der Waals surface area contributed by atoms with E-state index in [0.29, 0.717) is 17.3 Å². The van der Waals surface area contributed by atoms with Gasteiger partial charge in [-0.05, 0) is 64.2 Å². The Hall–Kier alpha value is -2.86. The summed E-state index contributed by atoms with van der Waals surface area (Å²) in [6.07, 6.45) is 1.02. The molecule has 0 radical (unpaired) electrons. The van der Waals surface area contributed by atoms with Crippen LogP contribution in [-0.2, 0) is 0 Å². The van der Waals surface area contributed by atoms with Gasteiger partial charge in [0.2, 0.25) is 0 Å². The van der Waals surface area contributed by atoms with E-state index in [9.17, 15) is 0 Å². The number of benzene rings is 2. The molecule has 1 aromatic heterocycles. The average molecular weight is 395 g/mol. The summed E-state index contributed by atoms with van der Waals surface area (Å²) in [6, 6.07) is 10.2. The molecule has 1 heterocycles. The third-order valence-electron chi connectivity index (χ3n) is 5.04. The van der Waals surface area contributed by atoms with Crippen LogP contribution >= 0.6 is 0 Å². The second-order valence-corrected chi connectivity index (χ2v) is 7.50. The molecular weight excluding hydrogens is 364 g/mol. The summed E-state index contributed by atoms with van der Waals surface area (Å²) in [6.45, 7) is 6.05. The van der Waals surface area contributed by atoms with E-state index in [4.69, 9.17) is 19.4 Å². The first-order valence-corrected chi connectivity index (χ1v) is 9.83. The number of nitrogens with zero attached hydrogens (tertiary/aromatic N) is 3. The summed E-state index contributed by atoms with van der Waals surface area (Å²) in [4.78, 5) is 11.9. The molecule has 0 bridgehead atoms. The second-order valence-electron chi connectivity index (χ2n) is 7.50. The molecule has 6 nitrogen and oxygen atoms in total. The lowest BCUT2D eigenvalue weighted by Gasteiger charge is -2.15. The number of nitrogens with one attached hydrogen (secondary N) is 1. The van der Waals surface area contributed by atoms with Crippen molar-refractivity contribution in [3.05, 3.63) is 41.5 Å². The Balaban J connectivity index is 2.08. The zero-order chi connectivity index (χ0) is 21.0. The molecule has 6 heteroatoms. The minimum Gasteiger partial charge on any atom is -0.493 e. The topological polar surface area (TPSA) is 59.5 Å². The largest absolute Gasteiger partial charge is 0.493 e. The standard InChI is InChI=1S/C23H30N4O2/c1-15-8-9-17(12-16(15)2)22-25-19-14-21(29-6)20(28-5)13-18(19)23(26-22)24-10-7-11-27(3)4/h8-9,12-14H,7,10-11H2,1-6H3,(H,24,25,26). The van der Waals surface area contributed by atoms with Crippen LogP contribution in [0.15, 0.2) is 30.3 Å². The molecule has 2 aromatic carbocycles. The van der Waals surface area contributed by atoms with Gasteiger partial charge >= 0.3 is 0 Å². The molecule has 3 aromatic rings. The molecule has 0 amide bonds. The van der Waals surface area contributed by atoms with Crippen molar-refractivity contribution in [3.8, 4) is 22.9 Å². The van der Waals surface area contributed by atoms with Crippen LogP contribution in [0.1, 0.15) is 17.5 Å². The van der Waals surface area contributed by atoms with Gasteiger partial charge in [0.1, 0.15) is 5.82 Å². The maximum absolute atomic E-state index is 5.49. The molecule has 0 aliphatic rings. The molecule has 0 fully saturated rings. The minimum atomic E-state index is 0.656. The Kier molecular flexibility index (Phi) is 6.54. The molecule has 3 rings (SSSR count). The number of rotatable bonds is 8. The first kappa shape index (κ1) is 20.9. The van der Waals surface area contributed by atoms with E-state index in [1.54, 1.807) is 14.2 Å². The van der Waals surface area contributed by atoms with Gasteiger partial charge in [0, 0.05) is 23.6 Å². The molecule has 1 N–H and O–H groups in total. The highest BCUT2D eigenvalue weighted by Crippen LogP contribution is 2.35. The predicted molar refractivity (Wildman–Crippen MR) is 119 cm³/mol. The Morgan fingerprint density at radius 1 is 0.931 bits per heavy atom. The number of ether oxygens (including phenoxy) is 2. The van der Waals surface area contributed by atoms with Crippen molar-refractivity contribution < 1.29 is 9.47 Å². The van der Waals surface area contributed by atoms with Crippen LogP contribution in [-0.4, -0.2) is 56.3 Å². The van der Waals surface area contributed by atoms with Crippen molar-refractivity contribution in [3.63, 3.8) is 0 Å². The molecule has 0 atom stereocenters. The van der Waals surface area contributed by atoms with E-state index < -0.39 is 0 Å². The minimum absolute atomic E-state index is 0.656. The van der Waals surface area contributed by atoms with Gasteiger partial charge in [0.15, 0.2) is 17.3 Å². The smallest absolute Gasteiger partial charge is 0.162 e. The monoisotopic (exact) mass is 394 g/mol. The van der Waals surface area contributed by atoms with E-state index >= 15 is 0 Å². The Bertz CT molecular complexity index is 1000. The van der Waals surface area contributed by atoms with E-state index in [1.165, 1.54) is 11.1 Å².